The Bertz CT molecular complexity index is 450. The lowest BCUT2D eigenvalue weighted by Crippen LogP contribution is -2.28. The van der Waals surface area contributed by atoms with E-state index >= 15 is 0 Å². The predicted octanol–water partition coefficient (Wildman–Crippen LogP) is 3.74. The number of hydrogen-bond acceptors (Lipinski definition) is 2. The first-order valence-electron chi connectivity index (χ1n) is 7.83. The van der Waals surface area contributed by atoms with Gasteiger partial charge in [0.05, 0.1) is 0 Å². The number of rotatable bonds is 6. The summed E-state index contributed by atoms with van der Waals surface area (Å²) < 4.78 is 0. The van der Waals surface area contributed by atoms with Crippen LogP contribution in [-0.2, 0) is 0 Å². The van der Waals surface area contributed by atoms with Gasteiger partial charge in [0, 0.05) is 24.3 Å². The van der Waals surface area contributed by atoms with Crippen LogP contribution in [0.5, 0.6) is 0 Å². The topological polar surface area (TPSA) is 41.1 Å². The van der Waals surface area contributed by atoms with Crippen molar-refractivity contribution in [3.8, 4) is 0 Å². The molecule has 1 aliphatic rings. The van der Waals surface area contributed by atoms with Crippen molar-refractivity contribution in [2.45, 2.75) is 46.0 Å². The Labute approximate surface area is 122 Å². The molecule has 0 aliphatic heterocycles. The molecule has 1 aromatic carbocycles. The lowest BCUT2D eigenvalue weighted by molar-refractivity contribution is 0.0947. The Morgan fingerprint density at radius 3 is 2.70 bits per heavy atom. The summed E-state index contributed by atoms with van der Waals surface area (Å²) in [7, 11) is 0. The number of carbonyl (C=O) groups excluding carboxylic acids is 1. The summed E-state index contributed by atoms with van der Waals surface area (Å²) in [5.41, 5.74) is 3.02. The van der Waals surface area contributed by atoms with Crippen LogP contribution in [0.4, 0.5) is 5.69 Å². The largest absolute Gasteiger partial charge is 0.385 e. The van der Waals surface area contributed by atoms with Crippen LogP contribution < -0.4 is 10.6 Å². The summed E-state index contributed by atoms with van der Waals surface area (Å²) in [4.78, 5) is 12.1. The van der Waals surface area contributed by atoms with Gasteiger partial charge < -0.3 is 10.6 Å². The molecule has 0 unspecified atom stereocenters. The van der Waals surface area contributed by atoms with E-state index in [4.69, 9.17) is 0 Å². The zero-order valence-corrected chi connectivity index (χ0v) is 12.7. The van der Waals surface area contributed by atoms with Gasteiger partial charge in [0.2, 0.25) is 0 Å². The van der Waals surface area contributed by atoms with Crippen LogP contribution in [0.1, 0.15) is 54.9 Å². The minimum Gasteiger partial charge on any atom is -0.385 e. The summed E-state index contributed by atoms with van der Waals surface area (Å²) in [6.07, 6.45) is 6.26. The minimum atomic E-state index is 0.0574. The first-order chi connectivity index (χ1) is 9.70. The van der Waals surface area contributed by atoms with Gasteiger partial charge in [0.15, 0.2) is 0 Å². The molecular formula is C17H26N2O. The molecule has 0 radical (unpaired) electrons. The van der Waals surface area contributed by atoms with Gasteiger partial charge in [-0.25, -0.2) is 0 Å². The molecule has 0 saturated heterocycles. The van der Waals surface area contributed by atoms with Crippen molar-refractivity contribution in [1.29, 1.82) is 0 Å². The lowest BCUT2D eigenvalue weighted by Gasteiger charge is -2.13. The van der Waals surface area contributed by atoms with E-state index in [1.54, 1.807) is 0 Å². The molecule has 1 fully saturated rings. The molecule has 0 atom stereocenters. The second kappa shape index (κ2) is 7.32. The van der Waals surface area contributed by atoms with Gasteiger partial charge in [-0.15, -0.1) is 0 Å². The van der Waals surface area contributed by atoms with Gasteiger partial charge in [-0.2, -0.15) is 0 Å². The van der Waals surface area contributed by atoms with Crippen LogP contribution in [-0.4, -0.2) is 19.0 Å². The summed E-state index contributed by atoms with van der Waals surface area (Å²) in [5.74, 6) is 0.743. The monoisotopic (exact) mass is 274 g/mol. The second-order valence-electron chi connectivity index (χ2n) is 5.82. The standard InChI is InChI=1S/C17H26N2O/c1-3-10-18-16-9-8-15(11-13(16)2)17(20)19-12-14-6-4-5-7-14/h8-9,11,14,18H,3-7,10,12H2,1-2H3,(H,19,20). The maximum atomic E-state index is 12.1. The van der Waals surface area contributed by atoms with Crippen LogP contribution in [0.25, 0.3) is 0 Å². The van der Waals surface area contributed by atoms with Crippen molar-refractivity contribution in [2.75, 3.05) is 18.4 Å². The Balaban J connectivity index is 1.90. The molecule has 1 amide bonds. The van der Waals surface area contributed by atoms with E-state index in [9.17, 15) is 4.79 Å². The highest BCUT2D eigenvalue weighted by Crippen LogP contribution is 2.24. The van der Waals surface area contributed by atoms with Gasteiger partial charge in [-0.1, -0.05) is 19.8 Å². The van der Waals surface area contributed by atoms with Crippen molar-refractivity contribution < 1.29 is 4.79 Å². The molecule has 0 aromatic heterocycles. The molecular weight excluding hydrogens is 248 g/mol. The van der Waals surface area contributed by atoms with E-state index in [1.165, 1.54) is 25.7 Å². The zero-order chi connectivity index (χ0) is 14.4. The number of amides is 1. The average Bonchev–Trinajstić information content (AvgIpc) is 2.96. The number of nitrogens with one attached hydrogen (secondary N) is 2. The van der Waals surface area contributed by atoms with Crippen LogP contribution in [0.2, 0.25) is 0 Å². The second-order valence-corrected chi connectivity index (χ2v) is 5.82. The van der Waals surface area contributed by atoms with Gasteiger partial charge >= 0.3 is 0 Å². The molecule has 1 aromatic rings. The van der Waals surface area contributed by atoms with Gasteiger partial charge in [0.25, 0.3) is 5.91 Å². The number of aryl methyl sites for hydroxylation is 1. The van der Waals surface area contributed by atoms with Crippen LogP contribution >= 0.6 is 0 Å². The number of carbonyl (C=O) groups is 1. The predicted molar refractivity (Wildman–Crippen MR) is 84.3 cm³/mol. The van der Waals surface area contributed by atoms with Gasteiger partial charge in [-0.05, 0) is 55.9 Å². The van der Waals surface area contributed by atoms with E-state index in [1.807, 2.05) is 25.1 Å². The normalized spacial score (nSPS) is 15.3. The fraction of sp³-hybridized carbons (Fsp3) is 0.588. The smallest absolute Gasteiger partial charge is 0.251 e. The molecule has 2 N–H and O–H groups in total. The van der Waals surface area contributed by atoms with E-state index in [0.717, 1.165) is 36.3 Å². The minimum absolute atomic E-state index is 0.0574. The average molecular weight is 274 g/mol. The molecule has 0 heterocycles. The van der Waals surface area contributed by atoms with Crippen LogP contribution in [0.3, 0.4) is 0 Å². The van der Waals surface area contributed by atoms with E-state index in [0.29, 0.717) is 5.92 Å². The van der Waals surface area contributed by atoms with Crippen molar-refractivity contribution in [1.82, 2.24) is 5.32 Å². The van der Waals surface area contributed by atoms with Gasteiger partial charge in [0.1, 0.15) is 0 Å². The molecule has 3 heteroatoms. The molecule has 1 aliphatic carbocycles. The zero-order valence-electron chi connectivity index (χ0n) is 12.7. The fourth-order valence-electron chi connectivity index (χ4n) is 2.82. The SMILES string of the molecule is CCCNc1ccc(C(=O)NCC2CCCC2)cc1C. The van der Waals surface area contributed by atoms with E-state index in [-0.39, 0.29) is 5.91 Å². The number of benzene rings is 1. The van der Waals surface area contributed by atoms with E-state index < -0.39 is 0 Å². The quantitative estimate of drug-likeness (QED) is 0.829. The third kappa shape index (κ3) is 3.99. The first-order valence-corrected chi connectivity index (χ1v) is 7.83. The molecule has 0 bridgehead atoms. The van der Waals surface area contributed by atoms with Crippen molar-refractivity contribution >= 4 is 11.6 Å². The van der Waals surface area contributed by atoms with Gasteiger partial charge in [-0.3, -0.25) is 4.79 Å². The highest BCUT2D eigenvalue weighted by molar-refractivity contribution is 5.94. The highest BCUT2D eigenvalue weighted by atomic mass is 16.1. The van der Waals surface area contributed by atoms with Crippen LogP contribution in [0.15, 0.2) is 18.2 Å². The maximum absolute atomic E-state index is 12.1. The Morgan fingerprint density at radius 1 is 1.30 bits per heavy atom. The Hall–Kier alpha value is -1.51. The van der Waals surface area contributed by atoms with Crippen LogP contribution in [0, 0.1) is 12.8 Å². The molecule has 2 rings (SSSR count). The summed E-state index contributed by atoms with van der Waals surface area (Å²) >= 11 is 0. The summed E-state index contributed by atoms with van der Waals surface area (Å²) in [5, 5.41) is 6.45. The third-order valence-electron chi connectivity index (χ3n) is 4.08. The maximum Gasteiger partial charge on any atom is 0.251 e. The number of anilines is 1. The Kier molecular flexibility index (Phi) is 5.45. The molecule has 20 heavy (non-hydrogen) atoms. The molecule has 1 saturated carbocycles. The third-order valence-corrected chi connectivity index (χ3v) is 4.08. The lowest BCUT2D eigenvalue weighted by atomic mass is 10.1. The van der Waals surface area contributed by atoms with Crippen molar-refractivity contribution in [3.63, 3.8) is 0 Å². The molecule has 3 nitrogen and oxygen atoms in total. The highest BCUT2D eigenvalue weighted by Gasteiger charge is 2.16. The Morgan fingerprint density at radius 2 is 2.05 bits per heavy atom. The van der Waals surface area contributed by atoms with Crippen molar-refractivity contribution in [3.05, 3.63) is 29.3 Å². The summed E-state index contributed by atoms with van der Waals surface area (Å²) in [6, 6.07) is 5.90. The van der Waals surface area contributed by atoms with E-state index in [2.05, 4.69) is 17.6 Å². The molecule has 110 valence electrons. The number of hydrogen-bond donors (Lipinski definition) is 2. The first kappa shape index (κ1) is 14.9. The summed E-state index contributed by atoms with van der Waals surface area (Å²) in [6.45, 7) is 5.99. The fourth-order valence-corrected chi connectivity index (χ4v) is 2.82. The molecule has 0 spiro atoms. The van der Waals surface area contributed by atoms with Crippen molar-refractivity contribution in [2.24, 2.45) is 5.92 Å².